The Balaban J connectivity index is 2.44. The monoisotopic (exact) mass is 493 g/mol. The van der Waals surface area contributed by atoms with Crippen molar-refractivity contribution in [1.29, 1.82) is 0 Å². The fourth-order valence-corrected chi connectivity index (χ4v) is 3.39. The summed E-state index contributed by atoms with van der Waals surface area (Å²) in [5, 5.41) is 15.0. The topological polar surface area (TPSA) is 81.3 Å². The van der Waals surface area contributed by atoms with Crippen LogP contribution in [0.3, 0.4) is 0 Å². The van der Waals surface area contributed by atoms with Crippen LogP contribution < -0.4 is 15.7 Å². The van der Waals surface area contributed by atoms with Crippen LogP contribution in [0, 0.1) is 13.8 Å². The highest BCUT2D eigenvalue weighted by atomic mass is 19.4. The Bertz CT molecular complexity index is 1080. The van der Waals surface area contributed by atoms with Crippen LogP contribution in [0.1, 0.15) is 45.1 Å². The summed E-state index contributed by atoms with van der Waals surface area (Å²) in [6.45, 7) is 4.12. The molecule has 0 bridgehead atoms. The molecule has 186 valence electrons. The summed E-state index contributed by atoms with van der Waals surface area (Å²) in [4.78, 5) is 23.2. The first-order valence-corrected chi connectivity index (χ1v) is 9.85. The Morgan fingerprint density at radius 2 is 1.47 bits per heavy atom. The van der Waals surface area contributed by atoms with Gasteiger partial charge in [0, 0.05) is 23.4 Å². The summed E-state index contributed by atoms with van der Waals surface area (Å²) in [6.07, 6.45) is -14.1. The van der Waals surface area contributed by atoms with Gasteiger partial charge in [-0.3, -0.25) is 4.79 Å². The number of halogens is 7. The van der Waals surface area contributed by atoms with Crippen LogP contribution in [0.5, 0.6) is 0 Å². The number of amides is 2. The predicted octanol–water partition coefficient (Wildman–Crippen LogP) is 4.84. The van der Waals surface area contributed by atoms with Crippen molar-refractivity contribution in [2.45, 2.75) is 51.8 Å². The van der Waals surface area contributed by atoms with Gasteiger partial charge < -0.3 is 20.5 Å². The van der Waals surface area contributed by atoms with Crippen LogP contribution in [0.15, 0.2) is 30.3 Å². The van der Waals surface area contributed by atoms with Gasteiger partial charge in [-0.25, -0.2) is 4.39 Å². The van der Waals surface area contributed by atoms with Gasteiger partial charge in [-0.2, -0.15) is 26.3 Å². The number of carboxylic acid groups (broad SMARTS) is 1. The van der Waals surface area contributed by atoms with E-state index in [-0.39, 0.29) is 35.3 Å². The SMILES string of the molecule is CCc1cc(C(F)(C(F)(F)F)C(F)(F)F)cc(C)c1NC(=O)c1ccc(CNC(=O)[O-])c(C)c1. The van der Waals surface area contributed by atoms with Crippen LogP contribution in [0.4, 0.5) is 41.2 Å². The normalized spacial score (nSPS) is 12.4. The molecule has 0 atom stereocenters. The van der Waals surface area contributed by atoms with E-state index in [2.05, 4.69) is 10.6 Å². The first-order valence-electron chi connectivity index (χ1n) is 9.85. The lowest BCUT2D eigenvalue weighted by Crippen LogP contribution is -2.50. The molecule has 2 rings (SSSR count). The molecular formula is C22H20F7N2O3-. The second kappa shape index (κ2) is 9.51. The van der Waals surface area contributed by atoms with E-state index in [9.17, 15) is 45.4 Å². The Morgan fingerprint density at radius 3 is 1.94 bits per heavy atom. The molecule has 0 aliphatic carbocycles. The summed E-state index contributed by atoms with van der Waals surface area (Å²) in [5.74, 6) is -0.716. The smallest absolute Gasteiger partial charge is 0.435 e. The highest BCUT2D eigenvalue weighted by molar-refractivity contribution is 6.05. The summed E-state index contributed by atoms with van der Waals surface area (Å²) in [6, 6.07) is 5.13. The van der Waals surface area contributed by atoms with Gasteiger partial charge in [-0.1, -0.05) is 19.1 Å². The van der Waals surface area contributed by atoms with E-state index in [1.54, 1.807) is 6.92 Å². The molecule has 0 radical (unpaired) electrons. The Hall–Kier alpha value is -3.31. The van der Waals surface area contributed by atoms with Crippen molar-refractivity contribution in [1.82, 2.24) is 5.32 Å². The molecular weight excluding hydrogens is 473 g/mol. The molecule has 0 saturated heterocycles. The molecule has 0 aromatic heterocycles. The first-order chi connectivity index (χ1) is 15.5. The number of alkyl halides is 7. The van der Waals surface area contributed by atoms with Gasteiger partial charge in [0.2, 0.25) is 0 Å². The number of carbonyl (C=O) groups is 2. The Kier molecular flexibility index (Phi) is 7.54. The number of anilines is 1. The molecule has 0 saturated carbocycles. The molecule has 2 aromatic carbocycles. The van der Waals surface area contributed by atoms with Crippen molar-refractivity contribution < 1.29 is 45.4 Å². The Morgan fingerprint density at radius 1 is 0.882 bits per heavy atom. The molecule has 12 heteroatoms. The lowest BCUT2D eigenvalue weighted by molar-refractivity contribution is -0.348. The fourth-order valence-electron chi connectivity index (χ4n) is 3.39. The quantitative estimate of drug-likeness (QED) is 0.566. The molecule has 0 fully saturated rings. The zero-order valence-electron chi connectivity index (χ0n) is 18.2. The standard InChI is InChI=1S/C22H21F7N2O3/c1-4-13-9-16(20(23,21(24,25)26)22(27,28)29)8-12(3)17(13)31-18(32)14-5-6-15(11(2)7-14)10-30-19(33)34/h5-9,30H,4,10H2,1-3H3,(H,31,32)(H,33,34)/p-1. The largest absolute Gasteiger partial charge is 0.530 e. The molecule has 0 spiro atoms. The number of rotatable bonds is 6. The summed E-state index contributed by atoms with van der Waals surface area (Å²) >= 11 is 0. The lowest BCUT2D eigenvalue weighted by atomic mass is 9.89. The Labute approximate surface area is 190 Å². The summed E-state index contributed by atoms with van der Waals surface area (Å²) in [7, 11) is 0. The highest BCUT2D eigenvalue weighted by Gasteiger charge is 2.73. The molecule has 2 amide bonds. The second-order valence-electron chi connectivity index (χ2n) is 7.57. The average Bonchev–Trinajstić information content (AvgIpc) is 2.71. The lowest BCUT2D eigenvalue weighted by Gasteiger charge is -2.31. The number of nitrogens with one attached hydrogen (secondary N) is 2. The molecule has 5 nitrogen and oxygen atoms in total. The zero-order valence-corrected chi connectivity index (χ0v) is 18.2. The molecule has 0 heterocycles. The van der Waals surface area contributed by atoms with Crippen LogP contribution in [0.25, 0.3) is 0 Å². The number of carbonyl (C=O) groups excluding carboxylic acids is 2. The minimum atomic E-state index is -6.25. The average molecular weight is 493 g/mol. The first kappa shape index (κ1) is 26.9. The summed E-state index contributed by atoms with van der Waals surface area (Å²) < 4.78 is 93.4. The van der Waals surface area contributed by atoms with Crippen LogP contribution in [0.2, 0.25) is 0 Å². The fraction of sp³-hybridized carbons (Fsp3) is 0.364. The maximum absolute atomic E-state index is 14.5. The van der Waals surface area contributed by atoms with Crippen LogP contribution in [-0.2, 0) is 18.6 Å². The third-order valence-electron chi connectivity index (χ3n) is 5.24. The zero-order chi connectivity index (χ0) is 26.1. The predicted molar refractivity (Wildman–Crippen MR) is 107 cm³/mol. The van der Waals surface area contributed by atoms with Crippen LogP contribution in [-0.4, -0.2) is 24.4 Å². The van der Waals surface area contributed by atoms with E-state index < -0.39 is 35.6 Å². The molecule has 0 unspecified atom stereocenters. The van der Waals surface area contributed by atoms with E-state index in [0.717, 1.165) is 6.92 Å². The molecule has 2 N–H and O–H groups in total. The minimum absolute atomic E-state index is 0.0386. The van der Waals surface area contributed by atoms with Crippen molar-refractivity contribution in [3.05, 3.63) is 63.7 Å². The minimum Gasteiger partial charge on any atom is -0.530 e. The molecule has 0 aliphatic heterocycles. The van der Waals surface area contributed by atoms with Crippen molar-refractivity contribution in [2.75, 3.05) is 5.32 Å². The van der Waals surface area contributed by atoms with Gasteiger partial charge >= 0.3 is 18.0 Å². The summed E-state index contributed by atoms with van der Waals surface area (Å²) in [5.41, 5.74) is -6.36. The van der Waals surface area contributed by atoms with Gasteiger partial charge in [0.15, 0.2) is 0 Å². The second-order valence-corrected chi connectivity index (χ2v) is 7.57. The third-order valence-corrected chi connectivity index (χ3v) is 5.24. The number of benzene rings is 2. The van der Waals surface area contributed by atoms with Gasteiger partial charge in [0.25, 0.3) is 5.91 Å². The van der Waals surface area contributed by atoms with Gasteiger partial charge in [0.1, 0.15) is 6.09 Å². The van der Waals surface area contributed by atoms with Crippen molar-refractivity contribution in [3.8, 4) is 0 Å². The molecule has 2 aromatic rings. The van der Waals surface area contributed by atoms with Crippen molar-refractivity contribution >= 4 is 17.7 Å². The molecule has 0 aliphatic rings. The van der Waals surface area contributed by atoms with E-state index in [1.165, 1.54) is 25.1 Å². The number of hydrogen-bond acceptors (Lipinski definition) is 3. The van der Waals surface area contributed by atoms with Crippen molar-refractivity contribution in [3.63, 3.8) is 0 Å². The van der Waals surface area contributed by atoms with Crippen LogP contribution >= 0.6 is 0 Å². The number of aryl methyl sites for hydroxylation is 3. The van der Waals surface area contributed by atoms with E-state index in [1.807, 2.05) is 0 Å². The molecule has 34 heavy (non-hydrogen) atoms. The number of hydrogen-bond donors (Lipinski definition) is 2. The van der Waals surface area contributed by atoms with Crippen molar-refractivity contribution in [2.24, 2.45) is 0 Å². The highest BCUT2D eigenvalue weighted by Crippen LogP contribution is 2.53. The van der Waals surface area contributed by atoms with Gasteiger partial charge in [0.05, 0.1) is 0 Å². The maximum atomic E-state index is 14.5. The van der Waals surface area contributed by atoms with E-state index in [0.29, 0.717) is 23.3 Å². The van der Waals surface area contributed by atoms with E-state index >= 15 is 0 Å². The van der Waals surface area contributed by atoms with Gasteiger partial charge in [-0.15, -0.1) is 0 Å². The van der Waals surface area contributed by atoms with Gasteiger partial charge in [-0.05, 0) is 60.7 Å². The maximum Gasteiger partial charge on any atom is 0.435 e. The third kappa shape index (κ3) is 5.26. The van der Waals surface area contributed by atoms with E-state index in [4.69, 9.17) is 0 Å².